The smallest absolute Gasteiger partial charge is 0.331 e. The van der Waals surface area contributed by atoms with Gasteiger partial charge in [0, 0.05) is 6.08 Å². The highest BCUT2D eigenvalue weighted by molar-refractivity contribution is 5.89. The average molecular weight is 372 g/mol. The largest absolute Gasteiger partial charge is 0.493 e. The van der Waals surface area contributed by atoms with Crippen LogP contribution in [0.15, 0.2) is 24.3 Å². The van der Waals surface area contributed by atoms with Gasteiger partial charge in [-0.2, -0.15) is 5.26 Å². The Labute approximate surface area is 158 Å². The summed E-state index contributed by atoms with van der Waals surface area (Å²) in [6, 6.07) is 7.38. The molecular weight excluding hydrogens is 348 g/mol. The van der Waals surface area contributed by atoms with Crippen molar-refractivity contribution in [3.8, 4) is 17.6 Å². The minimum Gasteiger partial charge on any atom is -0.493 e. The molecule has 1 aromatic carbocycles. The zero-order chi connectivity index (χ0) is 19.9. The summed E-state index contributed by atoms with van der Waals surface area (Å²) in [5.41, 5.74) is -0.180. The lowest BCUT2D eigenvalue weighted by molar-refractivity contribution is -0.144. The molecule has 1 aliphatic rings. The summed E-state index contributed by atoms with van der Waals surface area (Å²) in [7, 11) is 1.54. The van der Waals surface area contributed by atoms with Crippen molar-refractivity contribution in [2.75, 3.05) is 20.3 Å². The van der Waals surface area contributed by atoms with Crippen LogP contribution in [-0.2, 0) is 14.3 Å². The van der Waals surface area contributed by atoms with Crippen molar-refractivity contribution >= 4 is 18.0 Å². The van der Waals surface area contributed by atoms with E-state index in [0.29, 0.717) is 18.1 Å². The lowest BCUT2D eigenvalue weighted by atomic mass is 9.98. The minimum atomic E-state index is -0.905. The number of nitriles is 1. The highest BCUT2D eigenvalue weighted by Gasteiger charge is 2.43. The molecule has 0 saturated heterocycles. The number of hydrogen-bond donors (Lipinski definition) is 1. The maximum atomic E-state index is 11.9. The van der Waals surface area contributed by atoms with Crippen molar-refractivity contribution in [3.63, 3.8) is 0 Å². The van der Waals surface area contributed by atoms with Gasteiger partial charge in [0.25, 0.3) is 5.91 Å². The third kappa shape index (κ3) is 5.74. The number of carbonyl (C=O) groups excluding carboxylic acids is 2. The first-order valence-corrected chi connectivity index (χ1v) is 8.79. The molecule has 0 bridgehead atoms. The molecule has 27 heavy (non-hydrogen) atoms. The molecule has 1 saturated carbocycles. The second-order valence-electron chi connectivity index (χ2n) is 6.42. The van der Waals surface area contributed by atoms with Gasteiger partial charge in [0.05, 0.1) is 19.8 Å². The highest BCUT2D eigenvalue weighted by atomic mass is 16.5. The molecule has 0 heterocycles. The van der Waals surface area contributed by atoms with Crippen LogP contribution >= 0.6 is 0 Å². The number of amides is 1. The first kappa shape index (κ1) is 20.3. The van der Waals surface area contributed by atoms with E-state index < -0.39 is 24.0 Å². The summed E-state index contributed by atoms with van der Waals surface area (Å²) in [5.74, 6) is 0.199. The van der Waals surface area contributed by atoms with Crippen LogP contribution < -0.4 is 14.8 Å². The number of ether oxygens (including phenoxy) is 3. The molecule has 1 aromatic rings. The summed E-state index contributed by atoms with van der Waals surface area (Å²) in [4.78, 5) is 23.7. The molecule has 144 valence electrons. The van der Waals surface area contributed by atoms with E-state index in [4.69, 9.17) is 14.2 Å². The number of methoxy groups -OCH3 is 1. The van der Waals surface area contributed by atoms with Gasteiger partial charge in [-0.25, -0.2) is 4.79 Å². The molecule has 0 unspecified atom stereocenters. The first-order valence-electron chi connectivity index (χ1n) is 8.79. The molecule has 0 radical (unpaired) electrons. The van der Waals surface area contributed by atoms with E-state index in [1.807, 2.05) is 6.92 Å². The first-order chi connectivity index (χ1) is 12.9. The fourth-order valence-electron chi connectivity index (χ4n) is 2.62. The fraction of sp³-hybridized carbons (Fsp3) is 0.450. The Hall–Kier alpha value is -3.01. The SMILES string of the molecule is CCOc1ccc(/C=C/C(=O)OCC(=O)N[C@@](C)(C#N)C2CC2)cc1OC. The number of rotatable bonds is 9. The number of hydrogen-bond acceptors (Lipinski definition) is 6. The Kier molecular flexibility index (Phi) is 6.83. The van der Waals surface area contributed by atoms with Gasteiger partial charge in [-0.1, -0.05) is 6.07 Å². The molecule has 1 amide bonds. The summed E-state index contributed by atoms with van der Waals surface area (Å²) >= 11 is 0. The van der Waals surface area contributed by atoms with Gasteiger partial charge in [0.1, 0.15) is 5.54 Å². The Morgan fingerprint density at radius 2 is 2.11 bits per heavy atom. The molecule has 1 aliphatic carbocycles. The van der Waals surface area contributed by atoms with Gasteiger partial charge in [-0.15, -0.1) is 0 Å². The number of benzene rings is 1. The summed E-state index contributed by atoms with van der Waals surface area (Å²) in [5, 5.41) is 11.9. The van der Waals surface area contributed by atoms with Gasteiger partial charge in [-0.3, -0.25) is 4.79 Å². The van der Waals surface area contributed by atoms with E-state index in [9.17, 15) is 14.9 Å². The van der Waals surface area contributed by atoms with Crippen LogP contribution in [-0.4, -0.2) is 37.7 Å². The Morgan fingerprint density at radius 1 is 1.37 bits per heavy atom. The number of nitrogens with one attached hydrogen (secondary N) is 1. The molecule has 7 nitrogen and oxygen atoms in total. The van der Waals surface area contributed by atoms with Crippen LogP contribution in [0.5, 0.6) is 11.5 Å². The lowest BCUT2D eigenvalue weighted by Gasteiger charge is -2.22. The van der Waals surface area contributed by atoms with Gasteiger partial charge < -0.3 is 19.5 Å². The second kappa shape index (κ2) is 9.08. The fourth-order valence-corrected chi connectivity index (χ4v) is 2.62. The summed E-state index contributed by atoms with van der Waals surface area (Å²) < 4.78 is 15.6. The normalized spacial score (nSPS) is 15.5. The maximum absolute atomic E-state index is 11.9. The number of esters is 1. The van der Waals surface area contributed by atoms with Gasteiger partial charge >= 0.3 is 5.97 Å². The third-order valence-corrected chi connectivity index (χ3v) is 4.27. The third-order valence-electron chi connectivity index (χ3n) is 4.27. The number of nitrogens with zero attached hydrogens (tertiary/aromatic N) is 1. The molecule has 1 N–H and O–H groups in total. The standard InChI is InChI=1S/C20H24N2O5/c1-4-26-16-9-5-14(11-17(16)25-3)6-10-19(24)27-12-18(23)22-20(2,13-21)15-7-8-15/h5-6,9-11,15H,4,7-8,12H2,1-3H3,(H,22,23)/b10-6+/t20-/m0/s1. The van der Waals surface area contributed by atoms with Crippen molar-refractivity contribution < 1.29 is 23.8 Å². The Morgan fingerprint density at radius 3 is 2.70 bits per heavy atom. The van der Waals surface area contributed by atoms with Crippen LogP contribution in [0, 0.1) is 17.2 Å². The second-order valence-corrected chi connectivity index (χ2v) is 6.42. The predicted octanol–water partition coefficient (Wildman–Crippen LogP) is 2.46. The predicted molar refractivity (Wildman–Crippen MR) is 99.0 cm³/mol. The van der Waals surface area contributed by atoms with E-state index in [0.717, 1.165) is 18.4 Å². The van der Waals surface area contributed by atoms with Crippen molar-refractivity contribution in [1.82, 2.24) is 5.32 Å². The topological polar surface area (TPSA) is 97.6 Å². The van der Waals surface area contributed by atoms with Gasteiger partial charge in [0.15, 0.2) is 18.1 Å². The highest BCUT2D eigenvalue weighted by Crippen LogP contribution is 2.39. The van der Waals surface area contributed by atoms with Gasteiger partial charge in [-0.05, 0) is 56.4 Å². The minimum absolute atomic E-state index is 0.164. The van der Waals surface area contributed by atoms with Crippen LogP contribution in [0.3, 0.4) is 0 Å². The molecule has 2 rings (SSSR count). The van der Waals surface area contributed by atoms with Gasteiger partial charge in [0.2, 0.25) is 0 Å². The average Bonchev–Trinajstić information content (AvgIpc) is 3.51. The van der Waals surface area contributed by atoms with Crippen LogP contribution in [0.1, 0.15) is 32.3 Å². The molecule has 1 atom stereocenters. The van der Waals surface area contributed by atoms with Crippen molar-refractivity contribution in [2.45, 2.75) is 32.2 Å². The van der Waals surface area contributed by atoms with E-state index >= 15 is 0 Å². The molecule has 7 heteroatoms. The monoisotopic (exact) mass is 372 g/mol. The van der Waals surface area contributed by atoms with E-state index in [1.54, 1.807) is 31.2 Å². The number of carbonyl (C=O) groups is 2. The molecular formula is C20H24N2O5. The maximum Gasteiger partial charge on any atom is 0.331 e. The quantitative estimate of drug-likeness (QED) is 0.528. The molecule has 1 fully saturated rings. The van der Waals surface area contributed by atoms with Crippen molar-refractivity contribution in [1.29, 1.82) is 5.26 Å². The summed E-state index contributed by atoms with van der Waals surface area (Å²) in [6.45, 7) is 3.65. The van der Waals surface area contributed by atoms with E-state index in [-0.39, 0.29) is 5.92 Å². The van der Waals surface area contributed by atoms with Crippen LogP contribution in [0.25, 0.3) is 6.08 Å². The van der Waals surface area contributed by atoms with E-state index in [1.165, 1.54) is 13.2 Å². The molecule has 0 aliphatic heterocycles. The lowest BCUT2D eigenvalue weighted by Crippen LogP contribution is -2.48. The van der Waals surface area contributed by atoms with Crippen molar-refractivity contribution in [2.24, 2.45) is 5.92 Å². The van der Waals surface area contributed by atoms with Crippen LogP contribution in [0.2, 0.25) is 0 Å². The Balaban J connectivity index is 1.86. The molecule has 0 spiro atoms. The zero-order valence-corrected chi connectivity index (χ0v) is 15.8. The summed E-state index contributed by atoms with van der Waals surface area (Å²) in [6.07, 6.45) is 4.62. The van der Waals surface area contributed by atoms with E-state index in [2.05, 4.69) is 11.4 Å². The van der Waals surface area contributed by atoms with Crippen molar-refractivity contribution in [3.05, 3.63) is 29.8 Å². The zero-order valence-electron chi connectivity index (χ0n) is 15.8. The molecule has 0 aromatic heterocycles. The van der Waals surface area contributed by atoms with Crippen LogP contribution in [0.4, 0.5) is 0 Å². The Bertz CT molecular complexity index is 764.